The molecule has 4 fully saturated rings. The Bertz CT molecular complexity index is 1340. The van der Waals surface area contributed by atoms with Gasteiger partial charge in [0.25, 0.3) is 0 Å². The predicted molar refractivity (Wildman–Crippen MR) is 152 cm³/mol. The zero-order valence-corrected chi connectivity index (χ0v) is 25.3. The zero-order valence-electron chi connectivity index (χ0n) is 25.3. The maximum absolute atomic E-state index is 12.8. The van der Waals surface area contributed by atoms with Crippen LogP contribution in [0, 0.1) is 16.7 Å². The smallest absolute Gasteiger partial charge is 0.335 e. The van der Waals surface area contributed by atoms with Gasteiger partial charge in [0.05, 0.1) is 24.6 Å². The minimum atomic E-state index is -1.60. The highest BCUT2D eigenvalue weighted by molar-refractivity contribution is 5.66. The topological polar surface area (TPSA) is 196 Å². The van der Waals surface area contributed by atoms with Crippen molar-refractivity contribution >= 4 is 5.97 Å². The monoisotopic (exact) mass is 620 g/mol. The van der Waals surface area contributed by atoms with Crippen LogP contribution >= 0.6 is 0 Å². The van der Waals surface area contributed by atoms with Crippen molar-refractivity contribution in [2.24, 2.45) is 16.7 Å². The van der Waals surface area contributed by atoms with Gasteiger partial charge in [0.15, 0.2) is 6.29 Å². The molecular formula is C32H44O12. The van der Waals surface area contributed by atoms with Crippen molar-refractivity contribution in [2.75, 3.05) is 6.61 Å². The van der Waals surface area contributed by atoms with Crippen LogP contribution in [0.1, 0.15) is 77.2 Å². The van der Waals surface area contributed by atoms with E-state index in [9.17, 15) is 40.2 Å². The number of carbonyl (C=O) groups excluding carboxylic acids is 1. The fourth-order valence-corrected chi connectivity index (χ4v) is 9.64. The maximum Gasteiger partial charge on any atom is 0.335 e. The third-order valence-electron chi connectivity index (χ3n) is 11.9. The lowest BCUT2D eigenvalue weighted by molar-refractivity contribution is -0.310. The van der Waals surface area contributed by atoms with Crippen molar-refractivity contribution in [1.82, 2.24) is 0 Å². The Morgan fingerprint density at radius 2 is 1.77 bits per heavy atom. The van der Waals surface area contributed by atoms with Crippen LogP contribution in [0.25, 0.3) is 0 Å². The lowest BCUT2D eigenvalue weighted by Gasteiger charge is -2.66. The van der Waals surface area contributed by atoms with Gasteiger partial charge in [0.1, 0.15) is 36.1 Å². The summed E-state index contributed by atoms with van der Waals surface area (Å²) in [5.74, 6) is -1.06. The Labute approximate surface area is 255 Å². The summed E-state index contributed by atoms with van der Waals surface area (Å²) < 4.78 is 22.6. The third-order valence-corrected chi connectivity index (χ3v) is 11.9. The number of hydrogen-bond donors (Lipinski definition) is 6. The normalized spacial score (nSPS) is 48.5. The van der Waals surface area contributed by atoms with Crippen molar-refractivity contribution < 1.29 is 54.1 Å². The molecule has 1 aromatic rings. The molecule has 13 atom stereocenters. The van der Waals surface area contributed by atoms with Crippen molar-refractivity contribution in [3.8, 4) is 0 Å². The van der Waals surface area contributed by atoms with Gasteiger partial charge in [0, 0.05) is 24.8 Å². The molecule has 0 spiro atoms. The first-order chi connectivity index (χ1) is 20.7. The second-order valence-electron chi connectivity index (χ2n) is 14.0. The summed E-state index contributed by atoms with van der Waals surface area (Å²) in [6, 6.07) is 3.10. The number of fused-ring (bicyclic) bond motifs is 5. The van der Waals surface area contributed by atoms with E-state index in [1.807, 2.05) is 19.9 Å². The van der Waals surface area contributed by atoms with Gasteiger partial charge in [-0.15, -0.1) is 0 Å². The van der Waals surface area contributed by atoms with Crippen molar-refractivity contribution in [3.63, 3.8) is 0 Å². The first kappa shape index (κ1) is 31.8. The molecule has 0 amide bonds. The molecule has 6 N–H and O–H groups in total. The van der Waals surface area contributed by atoms with E-state index in [2.05, 4.69) is 0 Å². The molecule has 0 aromatic carbocycles. The molecule has 4 aliphatic carbocycles. The molecule has 6 rings (SSSR count). The van der Waals surface area contributed by atoms with Crippen LogP contribution in [0.5, 0.6) is 0 Å². The third kappa shape index (κ3) is 4.56. The van der Waals surface area contributed by atoms with E-state index in [-0.39, 0.29) is 18.3 Å². The SMILES string of the molecule is CC(=O)O[C@@H]1C[C@]2(O)[C@H](CC[C@]3(C)[C@H](c4ccc(=O)oc4)CC[C@]32O)[C@@]2(C)CC[C@@H](O[C@H]3O[C@@H](CO)[C@@H](O)[C@@H](O)[C@H]3O)C=C12. The second kappa shape index (κ2) is 11.0. The second-order valence-corrected chi connectivity index (χ2v) is 14.0. The summed E-state index contributed by atoms with van der Waals surface area (Å²) in [6.07, 6.45) is -2.23. The average Bonchev–Trinajstić information content (AvgIpc) is 3.26. The summed E-state index contributed by atoms with van der Waals surface area (Å²) in [4.78, 5) is 24.0. The molecule has 0 unspecified atom stereocenters. The Morgan fingerprint density at radius 1 is 1.02 bits per heavy atom. The summed E-state index contributed by atoms with van der Waals surface area (Å²) >= 11 is 0. The molecule has 12 nitrogen and oxygen atoms in total. The summed E-state index contributed by atoms with van der Waals surface area (Å²) in [5, 5.41) is 65.9. The number of ether oxygens (including phenoxy) is 3. The number of aliphatic hydroxyl groups is 6. The summed E-state index contributed by atoms with van der Waals surface area (Å²) in [6.45, 7) is 4.74. The molecule has 2 heterocycles. The highest BCUT2D eigenvalue weighted by atomic mass is 16.7. The number of carbonyl (C=O) groups is 1. The zero-order chi connectivity index (χ0) is 31.8. The van der Waals surface area contributed by atoms with Gasteiger partial charge in [-0.05, 0) is 73.0 Å². The van der Waals surface area contributed by atoms with Gasteiger partial charge in [-0.1, -0.05) is 19.9 Å². The van der Waals surface area contributed by atoms with E-state index < -0.39 is 83.1 Å². The van der Waals surface area contributed by atoms with Crippen LogP contribution in [0.2, 0.25) is 0 Å². The van der Waals surface area contributed by atoms with Crippen LogP contribution < -0.4 is 5.63 Å². The predicted octanol–water partition coefficient (Wildman–Crippen LogP) is 0.643. The molecule has 5 aliphatic rings. The Morgan fingerprint density at radius 3 is 2.43 bits per heavy atom. The van der Waals surface area contributed by atoms with Crippen molar-refractivity contribution in [3.05, 3.63) is 46.0 Å². The Hall–Kier alpha value is -2.16. The molecule has 3 saturated carbocycles. The van der Waals surface area contributed by atoms with Crippen LogP contribution in [-0.4, -0.2) is 97.3 Å². The van der Waals surface area contributed by atoms with Gasteiger partial charge in [-0.3, -0.25) is 4.79 Å². The van der Waals surface area contributed by atoms with Gasteiger partial charge in [0.2, 0.25) is 0 Å². The number of rotatable bonds is 5. The standard InChI is InChI=1S/C32H44O12/c1-16(34)42-21-13-31(39)23(8-10-30(3)19(7-11-32(30,31)40)17-4-5-24(35)41-15-17)29(2)9-6-18(12-20(21)29)43-28-27(38)26(37)25(36)22(14-33)44-28/h4-5,12,15,18-19,21-23,25-28,33,36-40H,6-11,13-14H2,1-3H3/t18-,19+,21-,22+,23-,25-,26-,27-,28+,29+,30-,31+,32+/m1/s1. The Kier molecular flexibility index (Phi) is 7.94. The molecular weight excluding hydrogens is 576 g/mol. The molecule has 1 saturated heterocycles. The number of aliphatic hydroxyl groups excluding tert-OH is 4. The lowest BCUT2D eigenvalue weighted by atomic mass is 9.42. The minimum absolute atomic E-state index is 0.0197. The molecule has 1 aromatic heterocycles. The number of hydrogen-bond acceptors (Lipinski definition) is 12. The van der Waals surface area contributed by atoms with Crippen LogP contribution in [0.3, 0.4) is 0 Å². The van der Waals surface area contributed by atoms with E-state index in [0.29, 0.717) is 38.5 Å². The minimum Gasteiger partial charge on any atom is -0.458 e. The molecule has 1 aliphatic heterocycles. The fraction of sp³-hybridized carbons (Fsp3) is 0.750. The van der Waals surface area contributed by atoms with E-state index in [1.54, 1.807) is 6.07 Å². The van der Waals surface area contributed by atoms with Gasteiger partial charge in [-0.25, -0.2) is 4.79 Å². The first-order valence-corrected chi connectivity index (χ1v) is 15.6. The van der Waals surface area contributed by atoms with Gasteiger partial charge in [-0.2, -0.15) is 0 Å². The van der Waals surface area contributed by atoms with Crippen LogP contribution in [-0.2, 0) is 19.0 Å². The highest BCUT2D eigenvalue weighted by Crippen LogP contribution is 2.71. The van der Waals surface area contributed by atoms with Gasteiger partial charge < -0.3 is 49.3 Å². The molecule has 12 heteroatoms. The quantitative estimate of drug-likeness (QED) is 0.199. The van der Waals surface area contributed by atoms with E-state index in [1.165, 1.54) is 19.3 Å². The van der Waals surface area contributed by atoms with Crippen molar-refractivity contribution in [2.45, 2.75) is 126 Å². The van der Waals surface area contributed by atoms with Crippen LogP contribution in [0.4, 0.5) is 0 Å². The van der Waals surface area contributed by atoms with E-state index in [4.69, 9.17) is 18.6 Å². The van der Waals surface area contributed by atoms with Gasteiger partial charge >= 0.3 is 11.6 Å². The van der Waals surface area contributed by atoms with Crippen molar-refractivity contribution in [1.29, 1.82) is 0 Å². The van der Waals surface area contributed by atoms with E-state index in [0.717, 1.165) is 11.1 Å². The molecule has 0 radical (unpaired) electrons. The molecule has 244 valence electrons. The maximum atomic E-state index is 12.8. The fourth-order valence-electron chi connectivity index (χ4n) is 9.64. The first-order valence-electron chi connectivity index (χ1n) is 15.6. The lowest BCUT2D eigenvalue weighted by Crippen LogP contribution is -2.73. The highest BCUT2D eigenvalue weighted by Gasteiger charge is 2.75. The Balaban J connectivity index is 1.33. The number of esters is 1. The molecule has 44 heavy (non-hydrogen) atoms. The molecule has 0 bridgehead atoms. The summed E-state index contributed by atoms with van der Waals surface area (Å²) in [7, 11) is 0. The van der Waals surface area contributed by atoms with Crippen LogP contribution in [0.15, 0.2) is 39.3 Å². The average molecular weight is 621 g/mol. The summed E-state index contributed by atoms with van der Waals surface area (Å²) in [5.41, 5.74) is -3.41. The van der Waals surface area contributed by atoms with E-state index >= 15 is 0 Å². The largest absolute Gasteiger partial charge is 0.458 e.